The smallest absolute Gasteiger partial charge is 0.333 e. The van der Waals surface area contributed by atoms with Gasteiger partial charge in [0.25, 0.3) is 0 Å². The maximum Gasteiger partial charge on any atom is 0.333 e. The van der Waals surface area contributed by atoms with Crippen LogP contribution in [0.4, 0.5) is 0 Å². The van der Waals surface area contributed by atoms with E-state index in [1.807, 2.05) is 0 Å². The quantitative estimate of drug-likeness (QED) is 0.561. The van der Waals surface area contributed by atoms with Crippen LogP contribution in [0.5, 0.6) is 0 Å². The Bertz CT molecular complexity index is 441. The molecule has 0 heterocycles. The third-order valence-corrected chi connectivity index (χ3v) is 5.82. The van der Waals surface area contributed by atoms with E-state index in [1.165, 1.54) is 25.7 Å². The fourth-order valence-corrected chi connectivity index (χ4v) is 5.83. The molecule has 0 aromatic heterocycles. The lowest BCUT2D eigenvalue weighted by atomic mass is 9.42. The first kappa shape index (κ1) is 13.2. The van der Waals surface area contributed by atoms with Gasteiger partial charge < -0.3 is 4.74 Å². The van der Waals surface area contributed by atoms with Crippen LogP contribution >= 0.6 is 0 Å². The molecule has 0 aliphatic heterocycles. The molecule has 106 valence electrons. The topological polar surface area (TPSA) is 26.3 Å². The van der Waals surface area contributed by atoms with E-state index in [4.69, 9.17) is 4.74 Å². The predicted molar refractivity (Wildman–Crippen MR) is 75.7 cm³/mol. The minimum absolute atomic E-state index is 0.180. The summed E-state index contributed by atoms with van der Waals surface area (Å²) < 4.78 is 5.97. The molecule has 0 radical (unpaired) electrons. The van der Waals surface area contributed by atoms with E-state index in [-0.39, 0.29) is 11.6 Å². The van der Waals surface area contributed by atoms with Crippen LogP contribution in [0, 0.1) is 16.7 Å². The molecule has 0 spiro atoms. The van der Waals surface area contributed by atoms with Crippen LogP contribution in [-0.2, 0) is 9.53 Å². The zero-order valence-corrected chi connectivity index (χ0v) is 12.6. The van der Waals surface area contributed by atoms with E-state index >= 15 is 0 Å². The highest BCUT2D eigenvalue weighted by molar-refractivity contribution is 5.87. The Morgan fingerprint density at radius 2 is 2.00 bits per heavy atom. The van der Waals surface area contributed by atoms with Crippen molar-refractivity contribution < 1.29 is 9.53 Å². The molecule has 4 aliphatic carbocycles. The van der Waals surface area contributed by atoms with Crippen molar-refractivity contribution in [3.63, 3.8) is 0 Å². The molecule has 4 unspecified atom stereocenters. The summed E-state index contributed by atoms with van der Waals surface area (Å²) in [5.74, 6) is 0.580. The summed E-state index contributed by atoms with van der Waals surface area (Å²) >= 11 is 0. The van der Waals surface area contributed by atoms with Crippen LogP contribution in [0.25, 0.3) is 0 Å². The minimum atomic E-state index is -0.184. The Kier molecular flexibility index (Phi) is 2.69. The summed E-state index contributed by atoms with van der Waals surface area (Å²) in [5, 5.41) is 0. The molecule has 4 bridgehead atoms. The summed E-state index contributed by atoms with van der Waals surface area (Å²) in [6.07, 6.45) is 8.49. The highest BCUT2D eigenvalue weighted by Gasteiger charge is 2.62. The number of ether oxygens (including phenoxy) is 1. The third kappa shape index (κ3) is 2.04. The van der Waals surface area contributed by atoms with Crippen molar-refractivity contribution in [1.29, 1.82) is 0 Å². The Morgan fingerprint density at radius 3 is 2.58 bits per heavy atom. The number of hydrogen-bond acceptors (Lipinski definition) is 2. The molecule has 4 fully saturated rings. The van der Waals surface area contributed by atoms with Gasteiger partial charge in [-0.15, -0.1) is 0 Å². The van der Waals surface area contributed by atoms with Crippen LogP contribution in [-0.4, -0.2) is 11.6 Å². The third-order valence-electron chi connectivity index (χ3n) is 5.82. The lowest BCUT2D eigenvalue weighted by Crippen LogP contribution is -2.60. The molecule has 4 aliphatic rings. The molecule has 2 nitrogen and oxygen atoms in total. The molecule has 19 heavy (non-hydrogen) atoms. The molecule has 0 amide bonds. The van der Waals surface area contributed by atoms with Gasteiger partial charge in [0.05, 0.1) is 0 Å². The average molecular weight is 262 g/mol. The summed E-state index contributed by atoms with van der Waals surface area (Å²) in [6, 6.07) is 0. The number of rotatable bonds is 3. The van der Waals surface area contributed by atoms with Gasteiger partial charge in [0.2, 0.25) is 0 Å². The summed E-state index contributed by atoms with van der Waals surface area (Å²) in [7, 11) is 0. The Labute approximate surface area is 116 Å². The number of carbonyl (C=O) groups excluding carboxylic acids is 1. The zero-order chi connectivity index (χ0) is 13.9. The summed E-state index contributed by atoms with van der Waals surface area (Å²) in [5.41, 5.74) is 1.18. The van der Waals surface area contributed by atoms with E-state index in [1.54, 1.807) is 6.92 Å². The number of hydrogen-bond donors (Lipinski definition) is 0. The number of carbonyl (C=O) groups is 1. The SMILES string of the molecule is C=C(C)C(=O)OC12CC3CC(C)(CC(CC)(C3)C1)C2. The zero-order valence-electron chi connectivity index (χ0n) is 12.6. The van der Waals surface area contributed by atoms with Gasteiger partial charge in [0, 0.05) is 5.57 Å². The molecule has 0 aromatic carbocycles. The van der Waals surface area contributed by atoms with Crippen molar-refractivity contribution in [2.75, 3.05) is 0 Å². The average Bonchev–Trinajstić information content (AvgIpc) is 2.24. The van der Waals surface area contributed by atoms with Gasteiger partial charge in [-0.05, 0) is 62.2 Å². The monoisotopic (exact) mass is 262 g/mol. The second kappa shape index (κ2) is 3.86. The van der Waals surface area contributed by atoms with E-state index in [9.17, 15) is 4.79 Å². The lowest BCUT2D eigenvalue weighted by molar-refractivity contribution is -0.216. The highest BCUT2D eigenvalue weighted by Crippen LogP contribution is 2.68. The molecular formula is C17H26O2. The van der Waals surface area contributed by atoms with Crippen molar-refractivity contribution in [3.8, 4) is 0 Å². The fraction of sp³-hybridized carbons (Fsp3) is 0.824. The van der Waals surface area contributed by atoms with Gasteiger partial charge in [-0.1, -0.05) is 26.8 Å². The first-order chi connectivity index (χ1) is 8.79. The summed E-state index contributed by atoms with van der Waals surface area (Å²) in [4.78, 5) is 12.0. The van der Waals surface area contributed by atoms with Crippen LogP contribution in [0.2, 0.25) is 0 Å². The van der Waals surface area contributed by atoms with Gasteiger partial charge in [-0.2, -0.15) is 0 Å². The second-order valence-electron chi connectivity index (χ2n) is 8.03. The lowest BCUT2D eigenvalue weighted by Gasteiger charge is -2.65. The van der Waals surface area contributed by atoms with Gasteiger partial charge in [-0.3, -0.25) is 0 Å². The first-order valence-electron chi connectivity index (χ1n) is 7.68. The van der Waals surface area contributed by atoms with Crippen molar-refractivity contribution in [2.24, 2.45) is 16.7 Å². The molecular weight excluding hydrogens is 236 g/mol. The number of esters is 1. The van der Waals surface area contributed by atoms with Crippen molar-refractivity contribution in [3.05, 3.63) is 12.2 Å². The van der Waals surface area contributed by atoms with Crippen LogP contribution in [0.1, 0.15) is 65.7 Å². The van der Waals surface area contributed by atoms with Gasteiger partial charge in [-0.25, -0.2) is 4.79 Å². The molecule has 4 rings (SSSR count). The molecule has 0 aromatic rings. The van der Waals surface area contributed by atoms with Gasteiger partial charge >= 0.3 is 5.97 Å². The fourth-order valence-electron chi connectivity index (χ4n) is 5.83. The van der Waals surface area contributed by atoms with Crippen LogP contribution in [0.3, 0.4) is 0 Å². The largest absolute Gasteiger partial charge is 0.456 e. The van der Waals surface area contributed by atoms with Crippen LogP contribution < -0.4 is 0 Å². The standard InChI is InChI=1S/C17H26O2/c1-5-16-7-13-6-15(4,9-16)10-17(8-13,11-16)19-14(18)12(2)3/h13H,2,5-11H2,1,3-4H3. The predicted octanol–water partition coefficient (Wildman–Crippen LogP) is 4.24. The van der Waals surface area contributed by atoms with Crippen molar-refractivity contribution in [2.45, 2.75) is 71.3 Å². The second-order valence-corrected chi connectivity index (χ2v) is 8.03. The first-order valence-corrected chi connectivity index (χ1v) is 7.68. The van der Waals surface area contributed by atoms with Crippen LogP contribution in [0.15, 0.2) is 12.2 Å². The normalized spacial score (nSPS) is 47.2. The molecule has 4 saturated carbocycles. The minimum Gasteiger partial charge on any atom is -0.456 e. The highest BCUT2D eigenvalue weighted by atomic mass is 16.6. The van der Waals surface area contributed by atoms with Crippen molar-refractivity contribution in [1.82, 2.24) is 0 Å². The Morgan fingerprint density at radius 1 is 1.26 bits per heavy atom. The molecule has 0 N–H and O–H groups in total. The van der Waals surface area contributed by atoms with Crippen molar-refractivity contribution >= 4 is 5.97 Å². The van der Waals surface area contributed by atoms with Gasteiger partial charge in [0.1, 0.15) is 5.60 Å². The van der Waals surface area contributed by atoms with E-state index in [0.717, 1.165) is 25.2 Å². The Balaban J connectivity index is 1.90. The Hall–Kier alpha value is -0.790. The summed E-state index contributed by atoms with van der Waals surface area (Å²) in [6.45, 7) is 10.2. The van der Waals surface area contributed by atoms with Gasteiger partial charge in [0.15, 0.2) is 0 Å². The molecule has 0 saturated heterocycles. The maximum atomic E-state index is 12.0. The maximum absolute atomic E-state index is 12.0. The van der Waals surface area contributed by atoms with E-state index < -0.39 is 0 Å². The van der Waals surface area contributed by atoms with E-state index in [0.29, 0.717) is 16.4 Å². The molecule has 2 heteroatoms. The van der Waals surface area contributed by atoms with E-state index in [2.05, 4.69) is 20.4 Å². The molecule has 4 atom stereocenters.